The fourth-order valence-corrected chi connectivity index (χ4v) is 3.60. The van der Waals surface area contributed by atoms with Crippen LogP contribution >= 0.6 is 0 Å². The molecular formula is C24H28O13. The summed E-state index contributed by atoms with van der Waals surface area (Å²) in [6, 6.07) is 4.18. The van der Waals surface area contributed by atoms with Crippen LogP contribution in [0.25, 0.3) is 0 Å². The third kappa shape index (κ3) is 8.27. The van der Waals surface area contributed by atoms with Gasteiger partial charge in [0.2, 0.25) is 12.4 Å². The van der Waals surface area contributed by atoms with E-state index in [1.54, 1.807) is 0 Å². The highest BCUT2D eigenvalue weighted by Crippen LogP contribution is 2.35. The first-order valence-electron chi connectivity index (χ1n) is 11.1. The first-order valence-corrected chi connectivity index (χ1v) is 11.1. The Kier molecular flexibility index (Phi) is 10.1. The van der Waals surface area contributed by atoms with Crippen LogP contribution in [0.5, 0.6) is 11.5 Å². The van der Waals surface area contributed by atoms with Crippen LogP contribution in [0.2, 0.25) is 0 Å². The van der Waals surface area contributed by atoms with E-state index in [1.165, 1.54) is 25.1 Å². The van der Waals surface area contributed by atoms with E-state index in [0.29, 0.717) is 0 Å². The number of carbonyl (C=O) groups excluding carboxylic acids is 6. The van der Waals surface area contributed by atoms with E-state index in [2.05, 4.69) is 0 Å². The molecule has 1 aromatic rings. The molecule has 202 valence electrons. The molecule has 13 nitrogen and oxygen atoms in total. The molecule has 0 amide bonds. The maximum Gasteiger partial charge on any atom is 0.308 e. The van der Waals surface area contributed by atoms with Gasteiger partial charge >= 0.3 is 29.8 Å². The van der Waals surface area contributed by atoms with Gasteiger partial charge in [0, 0.05) is 34.6 Å². The molecule has 1 saturated heterocycles. The minimum absolute atomic E-state index is 0.0943. The van der Waals surface area contributed by atoms with Gasteiger partial charge in [-0.15, -0.1) is 0 Å². The second-order valence-electron chi connectivity index (χ2n) is 7.96. The molecule has 5 atom stereocenters. The summed E-state index contributed by atoms with van der Waals surface area (Å²) in [6.07, 6.45) is -7.14. The molecule has 1 fully saturated rings. The van der Waals surface area contributed by atoms with Crippen LogP contribution in [0.1, 0.15) is 51.9 Å². The average molecular weight is 524 g/mol. The van der Waals surface area contributed by atoms with Crippen LogP contribution in [0.15, 0.2) is 18.2 Å². The van der Waals surface area contributed by atoms with Gasteiger partial charge in [-0.25, -0.2) is 0 Å². The maximum atomic E-state index is 12.4. The third-order valence-corrected chi connectivity index (χ3v) is 4.79. The van der Waals surface area contributed by atoms with Gasteiger partial charge in [0.1, 0.15) is 29.8 Å². The van der Waals surface area contributed by atoms with Crippen molar-refractivity contribution in [2.45, 2.75) is 72.2 Å². The largest absolute Gasteiger partial charge is 0.463 e. The van der Waals surface area contributed by atoms with Crippen LogP contribution in [0.4, 0.5) is 0 Å². The number of Topliss-reactive ketones (excluding diaryl/α,β-unsaturated/α-hetero) is 1. The van der Waals surface area contributed by atoms with Crippen molar-refractivity contribution < 1.29 is 61.9 Å². The Labute approximate surface area is 212 Å². The average Bonchev–Trinajstić information content (AvgIpc) is 2.75. The van der Waals surface area contributed by atoms with Crippen LogP contribution in [0, 0.1) is 0 Å². The number of rotatable bonds is 9. The smallest absolute Gasteiger partial charge is 0.308 e. The van der Waals surface area contributed by atoms with Gasteiger partial charge in [-0.1, -0.05) is 6.07 Å². The Hall–Kier alpha value is -4.00. The Morgan fingerprint density at radius 2 is 1.24 bits per heavy atom. The maximum absolute atomic E-state index is 12.4. The molecule has 0 aliphatic carbocycles. The summed E-state index contributed by atoms with van der Waals surface area (Å²) in [7, 11) is 0. The molecule has 13 heteroatoms. The predicted octanol–water partition coefficient (Wildman–Crippen LogP) is 1.28. The minimum Gasteiger partial charge on any atom is -0.463 e. The van der Waals surface area contributed by atoms with E-state index in [0.717, 1.165) is 34.6 Å². The van der Waals surface area contributed by atoms with Crippen LogP contribution < -0.4 is 9.47 Å². The monoisotopic (exact) mass is 524 g/mol. The molecule has 37 heavy (non-hydrogen) atoms. The summed E-state index contributed by atoms with van der Waals surface area (Å²) in [4.78, 5) is 71.1. The first kappa shape index (κ1) is 29.2. The SMILES string of the molecule is CC(=O)OCC1OC(Oc2cccc(OC(C)=O)c2C(C)=O)C(OC(C)=O)C(OC(C)=O)C1OC(C)=O. The van der Waals surface area contributed by atoms with Crippen molar-refractivity contribution in [2.75, 3.05) is 6.61 Å². The molecule has 1 aliphatic heterocycles. The molecule has 0 radical (unpaired) electrons. The van der Waals surface area contributed by atoms with Crippen molar-refractivity contribution in [1.82, 2.24) is 0 Å². The second-order valence-corrected chi connectivity index (χ2v) is 7.96. The summed E-state index contributed by atoms with van der Waals surface area (Å²) >= 11 is 0. The number of hydrogen-bond acceptors (Lipinski definition) is 13. The van der Waals surface area contributed by atoms with Gasteiger partial charge in [0.05, 0.1) is 0 Å². The lowest BCUT2D eigenvalue weighted by molar-refractivity contribution is -0.288. The normalized spacial score (nSPS) is 22.7. The zero-order valence-electron chi connectivity index (χ0n) is 21.1. The number of benzene rings is 1. The summed E-state index contributed by atoms with van der Waals surface area (Å²) in [5, 5.41) is 0. The lowest BCUT2D eigenvalue weighted by atomic mass is 9.98. The highest BCUT2D eigenvalue weighted by Gasteiger charge is 2.53. The van der Waals surface area contributed by atoms with Gasteiger partial charge in [0.25, 0.3) is 0 Å². The van der Waals surface area contributed by atoms with Crippen LogP contribution in [-0.4, -0.2) is 72.9 Å². The number of carbonyl (C=O) groups is 6. The molecule has 0 aromatic heterocycles. The molecule has 2 rings (SSSR count). The van der Waals surface area contributed by atoms with Crippen molar-refractivity contribution >= 4 is 35.6 Å². The minimum atomic E-state index is -1.56. The molecule has 1 aromatic carbocycles. The number of ketones is 1. The Morgan fingerprint density at radius 3 is 1.76 bits per heavy atom. The quantitative estimate of drug-likeness (QED) is 0.196. The van der Waals surface area contributed by atoms with E-state index in [4.69, 9.17) is 33.2 Å². The molecule has 0 saturated carbocycles. The number of esters is 5. The summed E-state index contributed by atoms with van der Waals surface area (Å²) < 4.78 is 37.9. The summed E-state index contributed by atoms with van der Waals surface area (Å²) in [6.45, 7) is 6.30. The summed E-state index contributed by atoms with van der Waals surface area (Å²) in [5.41, 5.74) is -0.120. The zero-order valence-corrected chi connectivity index (χ0v) is 21.1. The van der Waals surface area contributed by atoms with Crippen LogP contribution in [-0.2, 0) is 47.7 Å². The lowest BCUT2D eigenvalue weighted by Crippen LogP contribution is -2.63. The highest BCUT2D eigenvalue weighted by molar-refractivity contribution is 6.00. The van der Waals surface area contributed by atoms with Gasteiger partial charge < -0.3 is 33.2 Å². The molecule has 1 heterocycles. The molecule has 1 aliphatic rings. The van der Waals surface area contributed by atoms with Gasteiger partial charge in [-0.05, 0) is 19.1 Å². The lowest BCUT2D eigenvalue weighted by Gasteiger charge is -2.44. The second kappa shape index (κ2) is 12.8. The van der Waals surface area contributed by atoms with Crippen molar-refractivity contribution in [2.24, 2.45) is 0 Å². The standard InChI is InChI=1S/C24H28O13/c1-11(25)20-17(32-13(3)27)8-7-9-18(20)36-24-23(35-16(6)30)22(34-15(5)29)21(33-14(4)28)19(37-24)10-31-12(2)26/h7-9,19,21-24H,10H2,1-6H3. The van der Waals surface area contributed by atoms with E-state index in [1.807, 2.05) is 0 Å². The van der Waals surface area contributed by atoms with E-state index in [-0.39, 0.29) is 17.1 Å². The molecule has 0 spiro atoms. The molecule has 0 bridgehead atoms. The Balaban J connectivity index is 2.60. The van der Waals surface area contributed by atoms with Gasteiger partial charge in [-0.2, -0.15) is 0 Å². The van der Waals surface area contributed by atoms with E-state index >= 15 is 0 Å². The van der Waals surface area contributed by atoms with Gasteiger partial charge in [0.15, 0.2) is 18.0 Å². The van der Waals surface area contributed by atoms with Crippen molar-refractivity contribution in [1.29, 1.82) is 0 Å². The first-order chi connectivity index (χ1) is 17.3. The summed E-state index contributed by atoms with van der Waals surface area (Å²) in [5.74, 6) is -4.53. The number of hydrogen-bond donors (Lipinski definition) is 0. The van der Waals surface area contributed by atoms with Crippen molar-refractivity contribution in [3.63, 3.8) is 0 Å². The highest BCUT2D eigenvalue weighted by atomic mass is 16.7. The Bertz CT molecular complexity index is 1060. The molecule has 5 unspecified atom stereocenters. The predicted molar refractivity (Wildman–Crippen MR) is 120 cm³/mol. The number of ether oxygens (including phenoxy) is 7. The Morgan fingerprint density at radius 1 is 0.703 bits per heavy atom. The fourth-order valence-electron chi connectivity index (χ4n) is 3.60. The zero-order chi connectivity index (χ0) is 27.9. The molecule has 0 N–H and O–H groups in total. The van der Waals surface area contributed by atoms with Crippen molar-refractivity contribution in [3.05, 3.63) is 23.8 Å². The van der Waals surface area contributed by atoms with Gasteiger partial charge in [-0.3, -0.25) is 28.8 Å². The molecular weight excluding hydrogens is 496 g/mol. The topological polar surface area (TPSA) is 167 Å². The van der Waals surface area contributed by atoms with Crippen molar-refractivity contribution in [3.8, 4) is 11.5 Å². The third-order valence-electron chi connectivity index (χ3n) is 4.79. The fraction of sp³-hybridized carbons (Fsp3) is 0.500. The van der Waals surface area contributed by atoms with E-state index in [9.17, 15) is 28.8 Å². The van der Waals surface area contributed by atoms with Crippen LogP contribution in [0.3, 0.4) is 0 Å². The van der Waals surface area contributed by atoms with E-state index < -0.39 is 72.9 Å².